The molecule has 5 heteroatoms. The van der Waals surface area contributed by atoms with Crippen LogP contribution in [0.15, 0.2) is 12.4 Å². The van der Waals surface area contributed by atoms with Crippen LogP contribution in [0, 0.1) is 0 Å². The lowest BCUT2D eigenvalue weighted by Gasteiger charge is -2.05. The molecule has 0 bridgehead atoms. The number of carbonyl (C=O) groups excluding carboxylic acids is 1. The Kier molecular flexibility index (Phi) is 2.60. The lowest BCUT2D eigenvalue weighted by Crippen LogP contribution is -2.18. The van der Waals surface area contributed by atoms with Crippen LogP contribution in [0.25, 0.3) is 10.9 Å². The highest BCUT2D eigenvalue weighted by molar-refractivity contribution is 6.06. The minimum Gasteiger partial charge on any atom is -0.355 e. The first-order valence-corrected chi connectivity index (χ1v) is 5.19. The summed E-state index contributed by atoms with van der Waals surface area (Å²) in [5, 5.41) is 10.6. The molecular weight excluding hydrogens is 204 g/mol. The Balaban J connectivity index is 2.73. The zero-order chi connectivity index (χ0) is 11.7. The molecule has 0 saturated carbocycles. The molecule has 84 valence electrons. The van der Waals surface area contributed by atoms with Gasteiger partial charge in [0.05, 0.1) is 11.8 Å². The SMILES string of the molecule is CNC(=O)c1cncc2n[nH]c(C(C)C)c12. The van der Waals surface area contributed by atoms with Crippen molar-refractivity contribution in [3.05, 3.63) is 23.7 Å². The molecule has 2 aromatic rings. The second-order valence-electron chi connectivity index (χ2n) is 3.95. The Hall–Kier alpha value is -1.91. The van der Waals surface area contributed by atoms with Crippen molar-refractivity contribution in [2.24, 2.45) is 0 Å². The molecule has 1 amide bonds. The zero-order valence-corrected chi connectivity index (χ0v) is 9.53. The van der Waals surface area contributed by atoms with Crippen molar-refractivity contribution >= 4 is 16.8 Å². The second kappa shape index (κ2) is 3.92. The van der Waals surface area contributed by atoms with Crippen LogP contribution in [-0.4, -0.2) is 28.1 Å². The first-order chi connectivity index (χ1) is 7.65. The first kappa shape index (κ1) is 10.6. The molecule has 0 atom stereocenters. The third-order valence-corrected chi connectivity index (χ3v) is 2.54. The number of fused-ring (bicyclic) bond motifs is 1. The van der Waals surface area contributed by atoms with Crippen molar-refractivity contribution in [1.29, 1.82) is 0 Å². The van der Waals surface area contributed by atoms with Crippen LogP contribution in [0.2, 0.25) is 0 Å². The first-order valence-electron chi connectivity index (χ1n) is 5.19. The van der Waals surface area contributed by atoms with Crippen LogP contribution in [0.1, 0.15) is 35.8 Å². The molecule has 0 aliphatic carbocycles. The van der Waals surface area contributed by atoms with Gasteiger partial charge in [-0.1, -0.05) is 13.8 Å². The van der Waals surface area contributed by atoms with E-state index in [9.17, 15) is 4.79 Å². The van der Waals surface area contributed by atoms with Gasteiger partial charge in [-0.2, -0.15) is 5.10 Å². The highest BCUT2D eigenvalue weighted by Crippen LogP contribution is 2.25. The number of aromatic amines is 1. The second-order valence-corrected chi connectivity index (χ2v) is 3.95. The molecule has 0 aromatic carbocycles. The number of hydrogen-bond acceptors (Lipinski definition) is 3. The van der Waals surface area contributed by atoms with E-state index in [2.05, 4.69) is 34.3 Å². The van der Waals surface area contributed by atoms with E-state index in [1.807, 2.05) is 0 Å². The molecule has 0 aliphatic rings. The van der Waals surface area contributed by atoms with Gasteiger partial charge in [-0.3, -0.25) is 14.9 Å². The van der Waals surface area contributed by atoms with Crippen LogP contribution in [0.4, 0.5) is 0 Å². The number of hydrogen-bond donors (Lipinski definition) is 2. The number of pyridine rings is 1. The summed E-state index contributed by atoms with van der Waals surface area (Å²) in [6, 6.07) is 0. The number of amides is 1. The van der Waals surface area contributed by atoms with E-state index in [1.165, 1.54) is 0 Å². The Morgan fingerprint density at radius 3 is 2.81 bits per heavy atom. The highest BCUT2D eigenvalue weighted by atomic mass is 16.1. The summed E-state index contributed by atoms with van der Waals surface area (Å²) in [6.07, 6.45) is 3.23. The summed E-state index contributed by atoms with van der Waals surface area (Å²) in [5.41, 5.74) is 2.26. The van der Waals surface area contributed by atoms with Crippen molar-refractivity contribution < 1.29 is 4.79 Å². The smallest absolute Gasteiger partial charge is 0.253 e. The molecular formula is C11H14N4O. The third-order valence-electron chi connectivity index (χ3n) is 2.54. The number of H-pyrrole nitrogens is 1. The predicted molar refractivity (Wildman–Crippen MR) is 61.4 cm³/mol. The van der Waals surface area contributed by atoms with E-state index in [-0.39, 0.29) is 11.8 Å². The Bertz CT molecular complexity index is 530. The molecule has 16 heavy (non-hydrogen) atoms. The Labute approximate surface area is 93.3 Å². The van der Waals surface area contributed by atoms with Gasteiger partial charge in [0.15, 0.2) is 0 Å². The monoisotopic (exact) mass is 218 g/mol. The van der Waals surface area contributed by atoms with Crippen LogP contribution in [-0.2, 0) is 0 Å². The van der Waals surface area contributed by atoms with Gasteiger partial charge in [0.1, 0.15) is 5.52 Å². The predicted octanol–water partition coefficient (Wildman–Crippen LogP) is 1.44. The number of carbonyl (C=O) groups is 1. The van der Waals surface area contributed by atoms with Gasteiger partial charge in [0, 0.05) is 24.3 Å². The molecule has 0 spiro atoms. The molecule has 5 nitrogen and oxygen atoms in total. The van der Waals surface area contributed by atoms with Crippen LogP contribution >= 0.6 is 0 Å². The number of nitrogens with zero attached hydrogens (tertiary/aromatic N) is 2. The van der Waals surface area contributed by atoms with E-state index in [4.69, 9.17) is 0 Å². The summed E-state index contributed by atoms with van der Waals surface area (Å²) in [5.74, 6) is 0.150. The van der Waals surface area contributed by atoms with E-state index in [1.54, 1.807) is 19.4 Å². The van der Waals surface area contributed by atoms with Gasteiger partial charge >= 0.3 is 0 Å². The maximum Gasteiger partial charge on any atom is 0.253 e. The van der Waals surface area contributed by atoms with Crippen LogP contribution < -0.4 is 5.32 Å². The lowest BCUT2D eigenvalue weighted by molar-refractivity contribution is 0.0964. The van der Waals surface area contributed by atoms with Crippen molar-refractivity contribution in [2.75, 3.05) is 7.05 Å². The summed E-state index contributed by atoms with van der Waals surface area (Å²) in [7, 11) is 1.61. The zero-order valence-electron chi connectivity index (χ0n) is 9.53. The van der Waals surface area contributed by atoms with E-state index in [0.29, 0.717) is 5.56 Å². The largest absolute Gasteiger partial charge is 0.355 e. The highest BCUT2D eigenvalue weighted by Gasteiger charge is 2.16. The third kappa shape index (κ3) is 1.54. The molecule has 0 unspecified atom stereocenters. The van der Waals surface area contributed by atoms with Crippen LogP contribution in [0.3, 0.4) is 0 Å². The molecule has 0 aliphatic heterocycles. The van der Waals surface area contributed by atoms with Gasteiger partial charge in [0.25, 0.3) is 5.91 Å². The van der Waals surface area contributed by atoms with Gasteiger partial charge < -0.3 is 5.32 Å². The minimum atomic E-state index is -0.138. The fourth-order valence-electron chi connectivity index (χ4n) is 1.72. The van der Waals surface area contributed by atoms with Gasteiger partial charge in [-0.05, 0) is 5.92 Å². The average molecular weight is 218 g/mol. The topological polar surface area (TPSA) is 70.7 Å². The minimum absolute atomic E-state index is 0.138. The molecule has 2 N–H and O–H groups in total. The maximum atomic E-state index is 11.7. The number of rotatable bonds is 2. The fraction of sp³-hybridized carbons (Fsp3) is 0.364. The molecule has 2 rings (SSSR count). The Morgan fingerprint density at radius 1 is 1.44 bits per heavy atom. The molecule has 0 fully saturated rings. The van der Waals surface area contributed by atoms with E-state index >= 15 is 0 Å². The molecule has 2 heterocycles. The van der Waals surface area contributed by atoms with Gasteiger partial charge in [-0.15, -0.1) is 0 Å². The normalized spacial score (nSPS) is 11.0. The Morgan fingerprint density at radius 2 is 2.19 bits per heavy atom. The summed E-state index contributed by atoms with van der Waals surface area (Å²) in [6.45, 7) is 4.11. The number of nitrogens with one attached hydrogen (secondary N) is 2. The standard InChI is InChI=1S/C11H14N4O/c1-6(2)10-9-7(11(16)12-3)4-13-5-8(9)14-15-10/h4-6H,1-3H3,(H,12,16)(H,14,15). The van der Waals surface area contributed by atoms with E-state index in [0.717, 1.165) is 16.6 Å². The van der Waals surface area contributed by atoms with Gasteiger partial charge in [0.2, 0.25) is 0 Å². The van der Waals surface area contributed by atoms with Crippen molar-refractivity contribution in [2.45, 2.75) is 19.8 Å². The maximum absolute atomic E-state index is 11.7. The molecule has 0 saturated heterocycles. The lowest BCUT2D eigenvalue weighted by atomic mass is 10.0. The molecule has 2 aromatic heterocycles. The summed E-state index contributed by atoms with van der Waals surface area (Å²) in [4.78, 5) is 15.7. The quantitative estimate of drug-likeness (QED) is 0.801. The summed E-state index contributed by atoms with van der Waals surface area (Å²) >= 11 is 0. The fourth-order valence-corrected chi connectivity index (χ4v) is 1.72. The average Bonchev–Trinajstić information content (AvgIpc) is 2.71. The number of aromatic nitrogens is 3. The van der Waals surface area contributed by atoms with Crippen molar-refractivity contribution in [3.8, 4) is 0 Å². The van der Waals surface area contributed by atoms with Crippen molar-refractivity contribution in [3.63, 3.8) is 0 Å². The van der Waals surface area contributed by atoms with Crippen LogP contribution in [0.5, 0.6) is 0 Å². The van der Waals surface area contributed by atoms with E-state index < -0.39 is 0 Å². The summed E-state index contributed by atoms with van der Waals surface area (Å²) < 4.78 is 0. The van der Waals surface area contributed by atoms with Gasteiger partial charge in [-0.25, -0.2) is 0 Å². The van der Waals surface area contributed by atoms with Crippen molar-refractivity contribution in [1.82, 2.24) is 20.5 Å². The molecule has 0 radical (unpaired) electrons.